The lowest BCUT2D eigenvalue weighted by atomic mass is 9.90. The number of rotatable bonds is 2. The Morgan fingerprint density at radius 2 is 2.13 bits per heavy atom. The topological polar surface area (TPSA) is 74.8 Å². The third kappa shape index (κ3) is 3.41. The van der Waals surface area contributed by atoms with Gasteiger partial charge in [0.1, 0.15) is 0 Å². The minimum absolute atomic E-state index is 0.209. The Labute approximate surface area is 136 Å². The second-order valence-corrected chi connectivity index (χ2v) is 7.16. The number of carbonyl (C=O) groups excluding carboxylic acids is 1. The first-order valence-corrected chi connectivity index (χ1v) is 8.05. The minimum Gasteiger partial charge on any atom is -0.342 e. The molecule has 0 aliphatic carbocycles. The third-order valence-electron chi connectivity index (χ3n) is 4.22. The molecule has 1 amide bonds. The molecule has 6 nitrogen and oxygen atoms in total. The molecule has 0 bridgehead atoms. The Bertz CT molecular complexity index is 675. The van der Waals surface area contributed by atoms with Gasteiger partial charge in [-0.05, 0) is 12.8 Å². The van der Waals surface area contributed by atoms with Gasteiger partial charge in [0.2, 0.25) is 5.91 Å². The smallest absolute Gasteiger partial charge is 0.227 e. The van der Waals surface area contributed by atoms with Gasteiger partial charge in [0.15, 0.2) is 0 Å². The number of H-pyrrole nitrogens is 1. The molecule has 2 aromatic heterocycles. The molecule has 3 heterocycles. The fourth-order valence-corrected chi connectivity index (χ4v) is 2.99. The van der Waals surface area contributed by atoms with Crippen LogP contribution in [0.15, 0.2) is 24.8 Å². The zero-order valence-electron chi connectivity index (χ0n) is 13.9. The number of hydrogen-bond donors (Lipinski definition) is 1. The van der Waals surface area contributed by atoms with Gasteiger partial charge in [-0.25, -0.2) is 4.98 Å². The number of piperidine rings is 1. The van der Waals surface area contributed by atoms with Crippen LogP contribution in [0.25, 0.3) is 11.3 Å². The number of aromatic amines is 1. The summed E-state index contributed by atoms with van der Waals surface area (Å²) in [6.45, 7) is 7.47. The van der Waals surface area contributed by atoms with Crippen LogP contribution in [-0.4, -0.2) is 44.1 Å². The lowest BCUT2D eigenvalue weighted by Crippen LogP contribution is -2.44. The molecule has 0 unspecified atom stereocenters. The molecule has 1 saturated heterocycles. The van der Waals surface area contributed by atoms with Crippen molar-refractivity contribution < 1.29 is 4.79 Å². The predicted molar refractivity (Wildman–Crippen MR) is 87.6 cm³/mol. The molecule has 1 atom stereocenters. The maximum absolute atomic E-state index is 12.5. The summed E-state index contributed by atoms with van der Waals surface area (Å²) in [7, 11) is 0. The zero-order valence-corrected chi connectivity index (χ0v) is 13.9. The van der Waals surface area contributed by atoms with Crippen LogP contribution in [0.1, 0.15) is 45.2 Å². The van der Waals surface area contributed by atoms with Crippen molar-refractivity contribution in [2.75, 3.05) is 13.1 Å². The molecule has 1 fully saturated rings. The normalized spacial score (nSPS) is 18.9. The van der Waals surface area contributed by atoms with E-state index in [1.165, 1.54) is 0 Å². The highest BCUT2D eigenvalue weighted by atomic mass is 16.2. The molecular formula is C17H23N5O. The Kier molecular flexibility index (Phi) is 4.15. The maximum atomic E-state index is 12.5. The quantitative estimate of drug-likeness (QED) is 0.925. The van der Waals surface area contributed by atoms with Crippen LogP contribution in [0.4, 0.5) is 0 Å². The second kappa shape index (κ2) is 6.10. The lowest BCUT2D eigenvalue weighted by Gasteiger charge is -2.36. The number of carbonyl (C=O) groups is 1. The van der Waals surface area contributed by atoms with Crippen LogP contribution in [-0.2, 0) is 4.79 Å². The third-order valence-corrected chi connectivity index (χ3v) is 4.22. The van der Waals surface area contributed by atoms with Gasteiger partial charge in [-0.1, -0.05) is 20.8 Å². The highest BCUT2D eigenvalue weighted by Crippen LogP contribution is 2.29. The number of nitrogens with one attached hydrogen (secondary N) is 1. The lowest BCUT2D eigenvalue weighted by molar-refractivity contribution is -0.140. The first kappa shape index (κ1) is 15.6. The van der Waals surface area contributed by atoms with Crippen molar-refractivity contribution in [3.63, 3.8) is 0 Å². The molecule has 3 rings (SSSR count). The van der Waals surface area contributed by atoms with Gasteiger partial charge in [0.25, 0.3) is 0 Å². The molecule has 0 aromatic carbocycles. The number of amides is 1. The Balaban J connectivity index is 1.79. The number of aromatic nitrogens is 4. The van der Waals surface area contributed by atoms with Crippen molar-refractivity contribution in [2.45, 2.75) is 39.5 Å². The van der Waals surface area contributed by atoms with Gasteiger partial charge >= 0.3 is 0 Å². The molecule has 2 aromatic rings. The van der Waals surface area contributed by atoms with E-state index in [1.807, 2.05) is 38.1 Å². The minimum atomic E-state index is -0.341. The molecule has 1 aliphatic rings. The average molecular weight is 313 g/mol. The van der Waals surface area contributed by atoms with E-state index in [0.717, 1.165) is 42.9 Å². The summed E-state index contributed by atoms with van der Waals surface area (Å²) in [5.74, 6) is 0.454. The summed E-state index contributed by atoms with van der Waals surface area (Å²) < 4.78 is 0. The van der Waals surface area contributed by atoms with Gasteiger partial charge in [0, 0.05) is 42.4 Å². The van der Waals surface area contributed by atoms with E-state index in [0.29, 0.717) is 0 Å². The van der Waals surface area contributed by atoms with Gasteiger partial charge in [0.05, 0.1) is 23.8 Å². The van der Waals surface area contributed by atoms with Gasteiger partial charge in [-0.2, -0.15) is 5.10 Å². The molecule has 6 heteroatoms. The SMILES string of the molecule is CC(C)(C)C(=O)N1CCC[C@H](c2cncc(-c3cn[nH]c3)n2)C1. The number of nitrogens with zero attached hydrogens (tertiary/aromatic N) is 4. The maximum Gasteiger partial charge on any atom is 0.227 e. The van der Waals surface area contributed by atoms with Crippen LogP contribution in [0.2, 0.25) is 0 Å². The predicted octanol–water partition coefficient (Wildman–Crippen LogP) is 2.62. The average Bonchev–Trinajstić information content (AvgIpc) is 3.08. The molecular weight excluding hydrogens is 290 g/mol. The van der Waals surface area contributed by atoms with E-state index in [-0.39, 0.29) is 17.2 Å². The Morgan fingerprint density at radius 1 is 1.30 bits per heavy atom. The van der Waals surface area contributed by atoms with E-state index in [1.54, 1.807) is 12.4 Å². The molecule has 1 N–H and O–H groups in total. The fraction of sp³-hybridized carbons (Fsp3) is 0.529. The molecule has 0 radical (unpaired) electrons. The summed E-state index contributed by atoms with van der Waals surface area (Å²) >= 11 is 0. The van der Waals surface area contributed by atoms with Crippen LogP contribution in [0.5, 0.6) is 0 Å². The van der Waals surface area contributed by atoms with Gasteiger partial charge in [-0.3, -0.25) is 14.9 Å². The Hall–Kier alpha value is -2.24. The molecule has 122 valence electrons. The summed E-state index contributed by atoms with van der Waals surface area (Å²) in [5, 5.41) is 6.75. The molecule has 23 heavy (non-hydrogen) atoms. The van der Waals surface area contributed by atoms with Crippen molar-refractivity contribution >= 4 is 5.91 Å². The molecule has 0 saturated carbocycles. The summed E-state index contributed by atoms with van der Waals surface area (Å²) in [6, 6.07) is 0. The first-order chi connectivity index (χ1) is 10.9. The van der Waals surface area contributed by atoms with E-state index >= 15 is 0 Å². The highest BCUT2D eigenvalue weighted by Gasteiger charge is 2.32. The van der Waals surface area contributed by atoms with Crippen LogP contribution >= 0.6 is 0 Å². The zero-order chi connectivity index (χ0) is 16.4. The van der Waals surface area contributed by atoms with E-state index in [2.05, 4.69) is 15.2 Å². The van der Waals surface area contributed by atoms with Gasteiger partial charge in [-0.15, -0.1) is 0 Å². The van der Waals surface area contributed by atoms with E-state index in [4.69, 9.17) is 4.98 Å². The van der Waals surface area contributed by atoms with Crippen molar-refractivity contribution in [3.05, 3.63) is 30.5 Å². The largest absolute Gasteiger partial charge is 0.342 e. The van der Waals surface area contributed by atoms with Crippen LogP contribution in [0.3, 0.4) is 0 Å². The first-order valence-electron chi connectivity index (χ1n) is 8.05. The monoisotopic (exact) mass is 313 g/mol. The fourth-order valence-electron chi connectivity index (χ4n) is 2.99. The van der Waals surface area contributed by atoms with Gasteiger partial charge < -0.3 is 4.90 Å². The highest BCUT2D eigenvalue weighted by molar-refractivity contribution is 5.81. The summed E-state index contributed by atoms with van der Waals surface area (Å²) in [4.78, 5) is 23.6. The van der Waals surface area contributed by atoms with E-state index in [9.17, 15) is 4.79 Å². The van der Waals surface area contributed by atoms with E-state index < -0.39 is 0 Å². The number of hydrogen-bond acceptors (Lipinski definition) is 4. The van der Waals surface area contributed by atoms with Crippen molar-refractivity contribution in [2.24, 2.45) is 5.41 Å². The van der Waals surface area contributed by atoms with Crippen molar-refractivity contribution in [1.82, 2.24) is 25.1 Å². The standard InChI is InChI=1S/C17H23N5O/c1-17(2,3)16(23)22-6-4-5-12(11-22)14-9-18-10-15(21-14)13-7-19-20-8-13/h7-10,12H,4-6,11H2,1-3H3,(H,19,20)/t12-/m0/s1. The summed E-state index contributed by atoms with van der Waals surface area (Å²) in [5.41, 5.74) is 2.36. The Morgan fingerprint density at radius 3 is 2.83 bits per heavy atom. The number of likely N-dealkylation sites (tertiary alicyclic amines) is 1. The van der Waals surface area contributed by atoms with Crippen LogP contribution in [0, 0.1) is 5.41 Å². The summed E-state index contributed by atoms with van der Waals surface area (Å²) in [6.07, 6.45) is 9.16. The molecule has 1 aliphatic heterocycles. The van der Waals surface area contributed by atoms with Crippen molar-refractivity contribution in [1.29, 1.82) is 0 Å². The second-order valence-electron chi connectivity index (χ2n) is 7.16. The van der Waals surface area contributed by atoms with Crippen molar-refractivity contribution in [3.8, 4) is 11.3 Å². The molecule has 0 spiro atoms. The van der Waals surface area contributed by atoms with Crippen LogP contribution < -0.4 is 0 Å².